The fourth-order valence-electron chi connectivity index (χ4n) is 3.98. The van der Waals surface area contributed by atoms with Crippen molar-refractivity contribution in [3.8, 4) is 0 Å². The third-order valence-electron chi connectivity index (χ3n) is 5.34. The molecule has 0 aliphatic carbocycles. The van der Waals surface area contributed by atoms with Crippen molar-refractivity contribution < 1.29 is 4.79 Å². The van der Waals surface area contributed by atoms with Crippen LogP contribution in [-0.4, -0.2) is 36.5 Å². The van der Waals surface area contributed by atoms with Crippen molar-refractivity contribution in [1.82, 2.24) is 4.90 Å². The fourth-order valence-corrected chi connectivity index (χ4v) is 3.98. The first kappa shape index (κ1) is 19.6. The Morgan fingerprint density at radius 3 is 2.30 bits per heavy atom. The van der Waals surface area contributed by atoms with Crippen LogP contribution in [0.15, 0.2) is 48.5 Å². The molecule has 2 aromatic carbocycles. The molecule has 144 valence electrons. The Balaban J connectivity index is 1.85. The number of carbonyl (C=O) groups excluding carboxylic acids is 1. The minimum absolute atomic E-state index is 0.114. The summed E-state index contributed by atoms with van der Waals surface area (Å²) >= 11 is 0. The Labute approximate surface area is 164 Å². The Morgan fingerprint density at radius 2 is 1.70 bits per heavy atom. The maximum absolute atomic E-state index is 13.4. The molecule has 3 heteroatoms. The molecule has 1 aliphatic heterocycles. The monoisotopic (exact) mass is 364 g/mol. The highest BCUT2D eigenvalue weighted by atomic mass is 16.2. The molecule has 1 heterocycles. The van der Waals surface area contributed by atoms with Gasteiger partial charge in [-0.1, -0.05) is 43.7 Å². The van der Waals surface area contributed by atoms with Crippen molar-refractivity contribution in [3.63, 3.8) is 0 Å². The first-order chi connectivity index (χ1) is 12.9. The van der Waals surface area contributed by atoms with Gasteiger partial charge in [-0.25, -0.2) is 0 Å². The van der Waals surface area contributed by atoms with Gasteiger partial charge in [-0.3, -0.25) is 4.79 Å². The molecule has 0 N–H and O–H groups in total. The van der Waals surface area contributed by atoms with Gasteiger partial charge >= 0.3 is 0 Å². The molecule has 1 saturated heterocycles. The summed E-state index contributed by atoms with van der Waals surface area (Å²) in [4.78, 5) is 18.0. The van der Waals surface area contributed by atoms with Gasteiger partial charge in [-0.2, -0.15) is 0 Å². The van der Waals surface area contributed by atoms with Crippen LogP contribution >= 0.6 is 0 Å². The third kappa shape index (κ3) is 4.98. The van der Waals surface area contributed by atoms with E-state index in [1.54, 1.807) is 0 Å². The van der Waals surface area contributed by atoms with E-state index in [4.69, 9.17) is 0 Å². The van der Waals surface area contributed by atoms with Crippen molar-refractivity contribution in [2.75, 3.05) is 24.5 Å². The molecule has 3 nitrogen and oxygen atoms in total. The number of amides is 1. The van der Waals surface area contributed by atoms with Crippen LogP contribution in [0.5, 0.6) is 0 Å². The van der Waals surface area contributed by atoms with E-state index >= 15 is 0 Å². The van der Waals surface area contributed by atoms with E-state index in [0.717, 1.165) is 43.7 Å². The van der Waals surface area contributed by atoms with Gasteiger partial charge in [-0.15, -0.1) is 0 Å². The van der Waals surface area contributed by atoms with Gasteiger partial charge < -0.3 is 9.80 Å². The van der Waals surface area contributed by atoms with E-state index in [1.807, 2.05) is 35.2 Å². The maximum atomic E-state index is 13.4. The lowest BCUT2D eigenvalue weighted by Crippen LogP contribution is -2.48. The molecular formula is C24H32N2O. The average Bonchev–Trinajstić information content (AvgIpc) is 2.63. The molecule has 1 amide bonds. The molecule has 1 aliphatic rings. The lowest BCUT2D eigenvalue weighted by Gasteiger charge is -2.39. The highest BCUT2D eigenvalue weighted by Gasteiger charge is 2.30. The number of benzene rings is 2. The number of carbonyl (C=O) groups is 1. The van der Waals surface area contributed by atoms with Gasteiger partial charge in [0.25, 0.3) is 5.91 Å². The van der Waals surface area contributed by atoms with Crippen molar-refractivity contribution >= 4 is 11.6 Å². The molecule has 0 spiro atoms. The minimum Gasteiger partial charge on any atom is -0.305 e. The largest absolute Gasteiger partial charge is 0.305 e. The van der Waals surface area contributed by atoms with Crippen LogP contribution in [0.3, 0.4) is 0 Å². The lowest BCUT2D eigenvalue weighted by atomic mass is 9.99. The minimum atomic E-state index is 0.114. The SMILES string of the molecule is Cc1ccc(C(=O)N(c2cccc(C)c2)C2CCN(CC(C)C)CC2)cc1. The van der Waals surface area contributed by atoms with Crippen LogP contribution in [0.2, 0.25) is 0 Å². The van der Waals surface area contributed by atoms with Crippen molar-refractivity contribution in [2.45, 2.75) is 46.6 Å². The van der Waals surface area contributed by atoms with Crippen LogP contribution in [0.1, 0.15) is 48.2 Å². The molecule has 0 atom stereocenters. The highest BCUT2D eigenvalue weighted by Crippen LogP contribution is 2.27. The maximum Gasteiger partial charge on any atom is 0.258 e. The van der Waals surface area contributed by atoms with Gasteiger partial charge in [0, 0.05) is 36.9 Å². The Bertz CT molecular complexity index is 758. The van der Waals surface area contributed by atoms with Gasteiger partial charge in [0.05, 0.1) is 0 Å². The summed E-state index contributed by atoms with van der Waals surface area (Å²) in [5.74, 6) is 0.798. The molecule has 0 saturated carbocycles. The standard InChI is InChI=1S/C24H32N2O/c1-18(2)17-25-14-12-22(13-15-25)26(23-7-5-6-20(4)16-23)24(27)21-10-8-19(3)9-11-21/h5-11,16,18,22H,12-15,17H2,1-4H3. The average molecular weight is 365 g/mol. The first-order valence-corrected chi connectivity index (χ1v) is 10.1. The van der Waals surface area contributed by atoms with Crippen molar-refractivity contribution in [2.24, 2.45) is 5.92 Å². The number of anilines is 1. The van der Waals surface area contributed by atoms with E-state index in [2.05, 4.69) is 50.8 Å². The number of likely N-dealkylation sites (tertiary alicyclic amines) is 1. The number of hydrogen-bond acceptors (Lipinski definition) is 2. The Morgan fingerprint density at radius 1 is 1.04 bits per heavy atom. The zero-order valence-electron chi connectivity index (χ0n) is 17.1. The van der Waals surface area contributed by atoms with Gasteiger partial charge in [-0.05, 0) is 62.4 Å². The molecule has 2 aromatic rings. The molecule has 0 radical (unpaired) electrons. The van der Waals surface area contributed by atoms with Crippen LogP contribution in [0, 0.1) is 19.8 Å². The van der Waals surface area contributed by atoms with Crippen LogP contribution in [0.4, 0.5) is 5.69 Å². The predicted octanol–water partition coefficient (Wildman–Crippen LogP) is 5.07. The summed E-state index contributed by atoms with van der Waals surface area (Å²) in [7, 11) is 0. The Kier molecular flexibility index (Phi) is 6.33. The summed E-state index contributed by atoms with van der Waals surface area (Å²) in [5, 5.41) is 0. The van der Waals surface area contributed by atoms with Crippen LogP contribution in [-0.2, 0) is 0 Å². The van der Waals surface area contributed by atoms with Gasteiger partial charge in [0.15, 0.2) is 0 Å². The lowest BCUT2D eigenvalue weighted by molar-refractivity contribution is 0.0957. The summed E-state index contributed by atoms with van der Waals surface area (Å²) in [6.45, 7) is 11.9. The molecule has 27 heavy (non-hydrogen) atoms. The van der Waals surface area contributed by atoms with E-state index < -0.39 is 0 Å². The molecule has 1 fully saturated rings. The van der Waals surface area contributed by atoms with Gasteiger partial charge in [0.2, 0.25) is 0 Å². The number of hydrogen-bond donors (Lipinski definition) is 0. The van der Waals surface area contributed by atoms with Crippen molar-refractivity contribution in [3.05, 3.63) is 65.2 Å². The molecule has 3 rings (SSSR count). The third-order valence-corrected chi connectivity index (χ3v) is 5.34. The predicted molar refractivity (Wildman–Crippen MR) is 113 cm³/mol. The number of nitrogens with zero attached hydrogens (tertiary/aromatic N) is 2. The topological polar surface area (TPSA) is 23.6 Å². The molecule has 0 aromatic heterocycles. The summed E-state index contributed by atoms with van der Waals surface area (Å²) in [5.41, 5.74) is 4.15. The second-order valence-corrected chi connectivity index (χ2v) is 8.31. The van der Waals surface area contributed by atoms with Crippen LogP contribution < -0.4 is 4.90 Å². The molecule has 0 bridgehead atoms. The van der Waals surface area contributed by atoms with Crippen molar-refractivity contribution in [1.29, 1.82) is 0 Å². The quantitative estimate of drug-likeness (QED) is 0.739. The first-order valence-electron chi connectivity index (χ1n) is 10.1. The second-order valence-electron chi connectivity index (χ2n) is 8.31. The van der Waals surface area contributed by atoms with E-state index in [1.165, 1.54) is 11.1 Å². The van der Waals surface area contributed by atoms with E-state index in [-0.39, 0.29) is 11.9 Å². The second kappa shape index (κ2) is 8.71. The zero-order chi connectivity index (χ0) is 19.4. The summed E-state index contributed by atoms with van der Waals surface area (Å²) < 4.78 is 0. The Hall–Kier alpha value is -2.13. The number of piperidine rings is 1. The summed E-state index contributed by atoms with van der Waals surface area (Å²) in [6.07, 6.45) is 2.05. The highest BCUT2D eigenvalue weighted by molar-refractivity contribution is 6.06. The van der Waals surface area contributed by atoms with Crippen LogP contribution in [0.25, 0.3) is 0 Å². The smallest absolute Gasteiger partial charge is 0.258 e. The van der Waals surface area contributed by atoms with Gasteiger partial charge in [0.1, 0.15) is 0 Å². The fraction of sp³-hybridized carbons (Fsp3) is 0.458. The zero-order valence-corrected chi connectivity index (χ0v) is 17.1. The molecule has 0 unspecified atom stereocenters. The van der Waals surface area contributed by atoms with E-state index in [9.17, 15) is 4.79 Å². The molecular weight excluding hydrogens is 332 g/mol. The van der Waals surface area contributed by atoms with E-state index in [0.29, 0.717) is 5.92 Å². The normalized spacial score (nSPS) is 15.9. The number of aryl methyl sites for hydroxylation is 2. The number of rotatable bonds is 5. The summed E-state index contributed by atoms with van der Waals surface area (Å²) in [6, 6.07) is 16.5.